The molecule has 1 N–H and O–H groups in total. The molecule has 4 aromatic rings. The van der Waals surface area contributed by atoms with Crippen molar-refractivity contribution in [2.24, 2.45) is 0 Å². The molecule has 1 saturated heterocycles. The maximum absolute atomic E-state index is 14.3. The fourth-order valence-electron chi connectivity index (χ4n) is 4.44. The lowest BCUT2D eigenvalue weighted by atomic mass is 9.89. The van der Waals surface area contributed by atoms with E-state index >= 15 is 0 Å². The topological polar surface area (TPSA) is 84.7 Å². The predicted molar refractivity (Wildman–Crippen MR) is 129 cm³/mol. The number of pyridine rings is 1. The number of furan rings is 1. The van der Waals surface area contributed by atoms with E-state index in [1.165, 1.54) is 12.5 Å². The molecular formula is C27H22F3N3O4. The molecule has 0 unspecified atom stereocenters. The summed E-state index contributed by atoms with van der Waals surface area (Å²) in [5.74, 6) is -1.82. The Morgan fingerprint density at radius 1 is 1.05 bits per heavy atom. The van der Waals surface area contributed by atoms with E-state index in [1.807, 2.05) is 24.3 Å². The summed E-state index contributed by atoms with van der Waals surface area (Å²) in [5.41, 5.74) is 3.13. The molecule has 2 aromatic heterocycles. The van der Waals surface area contributed by atoms with Crippen molar-refractivity contribution in [1.82, 2.24) is 9.88 Å². The number of hydrogen-bond donors (Lipinski definition) is 1. The zero-order valence-electron chi connectivity index (χ0n) is 19.5. The minimum absolute atomic E-state index is 0.179. The minimum Gasteiger partial charge on any atom is -0.463 e. The first-order valence-electron chi connectivity index (χ1n) is 11.7. The summed E-state index contributed by atoms with van der Waals surface area (Å²) in [4.78, 5) is 31.1. The summed E-state index contributed by atoms with van der Waals surface area (Å²) in [6.07, 6.45) is 4.37. The van der Waals surface area contributed by atoms with Crippen LogP contribution in [0.3, 0.4) is 0 Å². The van der Waals surface area contributed by atoms with E-state index < -0.39 is 18.3 Å². The molecule has 1 aliphatic rings. The molecular weight excluding hydrogens is 487 g/mol. The highest BCUT2D eigenvalue weighted by molar-refractivity contribution is 6.05. The number of rotatable bonds is 6. The molecule has 0 spiro atoms. The lowest BCUT2D eigenvalue weighted by molar-refractivity contribution is -0.0500. The van der Waals surface area contributed by atoms with Crippen molar-refractivity contribution in [3.8, 4) is 5.75 Å². The number of aromatic nitrogens is 1. The number of ether oxygens (including phenoxy) is 1. The van der Waals surface area contributed by atoms with Gasteiger partial charge in [0.15, 0.2) is 5.58 Å². The fraction of sp³-hybridized carbons (Fsp3) is 0.222. The Balaban J connectivity index is 1.17. The van der Waals surface area contributed by atoms with Gasteiger partial charge in [0.25, 0.3) is 11.8 Å². The zero-order valence-corrected chi connectivity index (χ0v) is 19.5. The first-order valence-corrected chi connectivity index (χ1v) is 11.7. The van der Waals surface area contributed by atoms with Gasteiger partial charge in [0.05, 0.1) is 17.4 Å². The van der Waals surface area contributed by atoms with Gasteiger partial charge < -0.3 is 19.4 Å². The number of hydrogen-bond acceptors (Lipinski definition) is 5. The van der Waals surface area contributed by atoms with E-state index in [0.717, 1.165) is 23.8 Å². The molecule has 7 nitrogen and oxygen atoms in total. The molecule has 0 bridgehead atoms. The molecule has 0 aliphatic carbocycles. The average Bonchev–Trinajstić information content (AvgIpc) is 3.37. The molecule has 3 heterocycles. The summed E-state index contributed by atoms with van der Waals surface area (Å²) < 4.78 is 48.4. The van der Waals surface area contributed by atoms with Crippen molar-refractivity contribution >= 4 is 28.6 Å². The van der Waals surface area contributed by atoms with E-state index in [2.05, 4.69) is 15.0 Å². The van der Waals surface area contributed by atoms with Crippen molar-refractivity contribution in [2.75, 3.05) is 18.4 Å². The Morgan fingerprint density at radius 3 is 2.51 bits per heavy atom. The van der Waals surface area contributed by atoms with E-state index in [1.54, 1.807) is 17.0 Å². The van der Waals surface area contributed by atoms with E-state index in [4.69, 9.17) is 4.42 Å². The van der Waals surface area contributed by atoms with Crippen LogP contribution < -0.4 is 10.1 Å². The summed E-state index contributed by atoms with van der Waals surface area (Å²) in [7, 11) is 0. The number of amides is 2. The lowest BCUT2D eigenvalue weighted by Crippen LogP contribution is -2.38. The molecule has 0 saturated carbocycles. The van der Waals surface area contributed by atoms with Crippen LogP contribution in [0.1, 0.15) is 45.0 Å². The molecule has 0 atom stereocenters. The predicted octanol–water partition coefficient (Wildman–Crippen LogP) is 5.84. The smallest absolute Gasteiger partial charge is 0.387 e. The second-order valence-corrected chi connectivity index (χ2v) is 8.69. The maximum Gasteiger partial charge on any atom is 0.387 e. The second kappa shape index (κ2) is 10.3. The maximum atomic E-state index is 14.3. The number of likely N-dealkylation sites (tertiary alicyclic amines) is 1. The number of nitrogens with zero attached hydrogens (tertiary/aromatic N) is 2. The largest absolute Gasteiger partial charge is 0.463 e. The number of piperidine rings is 1. The Labute approximate surface area is 209 Å². The number of nitrogens with one attached hydrogen (secondary N) is 1. The number of benzene rings is 2. The van der Waals surface area contributed by atoms with Gasteiger partial charge >= 0.3 is 6.61 Å². The van der Waals surface area contributed by atoms with Crippen LogP contribution in [0, 0.1) is 5.82 Å². The molecule has 1 fully saturated rings. The standard InChI is InChI=1S/C27H22F3N3O4/c28-22-14-20(37-27(29)30)5-6-21(22)26(35)33-10-7-17(8-11-33)16-1-3-19(4-2-16)32-25(34)18-13-24-23(31-15-18)9-12-36-24/h1-6,9,12-15,17,27H,7-8,10-11H2,(H,32,34). The average molecular weight is 509 g/mol. The summed E-state index contributed by atoms with van der Waals surface area (Å²) >= 11 is 0. The normalized spacial score (nSPS) is 14.2. The van der Waals surface area contributed by atoms with Gasteiger partial charge in [0.1, 0.15) is 17.1 Å². The summed E-state index contributed by atoms with van der Waals surface area (Å²) in [6.45, 7) is -2.21. The third-order valence-corrected chi connectivity index (χ3v) is 6.38. The van der Waals surface area contributed by atoms with Crippen LogP contribution in [0.4, 0.5) is 18.9 Å². The van der Waals surface area contributed by atoms with E-state index in [0.29, 0.717) is 48.3 Å². The van der Waals surface area contributed by atoms with Crippen molar-refractivity contribution in [3.05, 3.63) is 89.6 Å². The van der Waals surface area contributed by atoms with Crippen molar-refractivity contribution < 1.29 is 31.9 Å². The van der Waals surface area contributed by atoms with Gasteiger partial charge in [-0.2, -0.15) is 8.78 Å². The van der Waals surface area contributed by atoms with Crippen LogP contribution in [0.2, 0.25) is 0 Å². The monoisotopic (exact) mass is 509 g/mol. The third-order valence-electron chi connectivity index (χ3n) is 6.38. The molecule has 10 heteroatoms. The highest BCUT2D eigenvalue weighted by atomic mass is 19.3. The van der Waals surface area contributed by atoms with Crippen molar-refractivity contribution in [2.45, 2.75) is 25.4 Å². The first-order chi connectivity index (χ1) is 17.9. The molecule has 37 heavy (non-hydrogen) atoms. The van der Waals surface area contributed by atoms with Gasteiger partial charge in [-0.05, 0) is 54.7 Å². The lowest BCUT2D eigenvalue weighted by Gasteiger charge is -2.32. The molecule has 2 aromatic carbocycles. The van der Waals surface area contributed by atoms with Crippen LogP contribution in [0.25, 0.3) is 11.1 Å². The Morgan fingerprint density at radius 2 is 1.81 bits per heavy atom. The molecule has 5 rings (SSSR count). The van der Waals surface area contributed by atoms with Gasteiger partial charge in [-0.25, -0.2) is 4.39 Å². The first kappa shape index (κ1) is 24.4. The molecule has 1 aliphatic heterocycles. The van der Waals surface area contributed by atoms with Gasteiger partial charge in [-0.1, -0.05) is 12.1 Å². The highest BCUT2D eigenvalue weighted by Crippen LogP contribution is 2.30. The van der Waals surface area contributed by atoms with Crippen LogP contribution in [0.5, 0.6) is 5.75 Å². The van der Waals surface area contributed by atoms with Crippen LogP contribution >= 0.6 is 0 Å². The Kier molecular flexibility index (Phi) is 6.80. The Bertz CT molecular complexity index is 1430. The van der Waals surface area contributed by atoms with Crippen molar-refractivity contribution in [3.63, 3.8) is 0 Å². The zero-order chi connectivity index (χ0) is 25.9. The number of fused-ring (bicyclic) bond motifs is 1. The van der Waals surface area contributed by atoms with Gasteiger partial charge in [-0.15, -0.1) is 0 Å². The Hall–Kier alpha value is -4.34. The third kappa shape index (κ3) is 5.42. The van der Waals surface area contributed by atoms with E-state index in [-0.39, 0.29) is 23.1 Å². The van der Waals surface area contributed by atoms with Gasteiger partial charge in [-0.3, -0.25) is 14.6 Å². The molecule has 2 amide bonds. The number of carbonyl (C=O) groups excluding carboxylic acids is 2. The number of carbonyl (C=O) groups is 2. The van der Waals surface area contributed by atoms with Crippen LogP contribution in [0.15, 0.2) is 71.5 Å². The molecule has 0 radical (unpaired) electrons. The minimum atomic E-state index is -3.07. The summed E-state index contributed by atoms with van der Waals surface area (Å²) in [5, 5.41) is 2.85. The fourth-order valence-corrected chi connectivity index (χ4v) is 4.44. The van der Waals surface area contributed by atoms with Gasteiger partial charge in [0.2, 0.25) is 0 Å². The SMILES string of the molecule is O=C(Nc1ccc(C2CCN(C(=O)c3ccc(OC(F)F)cc3F)CC2)cc1)c1cnc2ccoc2c1. The number of anilines is 1. The van der Waals surface area contributed by atoms with Crippen LogP contribution in [-0.2, 0) is 0 Å². The van der Waals surface area contributed by atoms with Crippen molar-refractivity contribution in [1.29, 1.82) is 0 Å². The van der Waals surface area contributed by atoms with Gasteiger partial charge in [0, 0.05) is 37.1 Å². The molecule has 190 valence electrons. The number of halogens is 3. The van der Waals surface area contributed by atoms with E-state index in [9.17, 15) is 22.8 Å². The summed E-state index contributed by atoms with van der Waals surface area (Å²) in [6, 6.07) is 14.0. The quantitative estimate of drug-likeness (QED) is 0.353. The number of alkyl halides is 2. The van der Waals surface area contributed by atoms with Crippen LogP contribution in [-0.4, -0.2) is 41.4 Å². The highest BCUT2D eigenvalue weighted by Gasteiger charge is 2.26. The second-order valence-electron chi connectivity index (χ2n) is 8.69.